The van der Waals surface area contributed by atoms with Gasteiger partial charge in [-0.05, 0) is 62.8 Å². The van der Waals surface area contributed by atoms with E-state index in [4.69, 9.17) is 0 Å². The van der Waals surface area contributed by atoms with Gasteiger partial charge in [-0.3, -0.25) is 0 Å². The van der Waals surface area contributed by atoms with E-state index in [1.54, 1.807) is 12.1 Å². The Kier molecular flexibility index (Phi) is 16.1. The first kappa shape index (κ1) is 32.7. The van der Waals surface area contributed by atoms with Gasteiger partial charge in [-0.2, -0.15) is 0 Å². The fourth-order valence-electron chi connectivity index (χ4n) is 4.43. The third kappa shape index (κ3) is 10.5. The second-order valence-corrected chi connectivity index (χ2v) is 9.18. The summed E-state index contributed by atoms with van der Waals surface area (Å²) in [5.74, 6) is -0.426. The number of hydrogen-bond acceptors (Lipinski definition) is 0. The largest absolute Gasteiger partial charge is 0.316 e. The van der Waals surface area contributed by atoms with E-state index in [2.05, 4.69) is 40.9 Å². The minimum absolute atomic E-state index is 0.156. The van der Waals surface area contributed by atoms with Crippen molar-refractivity contribution in [3.63, 3.8) is 0 Å². The van der Waals surface area contributed by atoms with Crippen LogP contribution in [0, 0.1) is 5.82 Å². The summed E-state index contributed by atoms with van der Waals surface area (Å²) in [6.07, 6.45) is 7.98. The minimum atomic E-state index is -0.270. The number of quaternary nitrogens is 1. The molecule has 0 radical (unpaired) electrons. The van der Waals surface area contributed by atoms with Gasteiger partial charge in [-0.1, -0.05) is 84.5 Å². The number of allylic oxidation sites excluding steroid dienone is 5. The minimum Gasteiger partial charge on any atom is -0.316 e. The lowest BCUT2D eigenvalue weighted by atomic mass is 9.96. The molecule has 0 aliphatic carbocycles. The normalized spacial score (nSPS) is 14.5. The zero-order valence-electron chi connectivity index (χ0n) is 23.7. The van der Waals surface area contributed by atoms with E-state index < -0.39 is 0 Å². The van der Waals surface area contributed by atoms with Crippen LogP contribution in [0.25, 0.3) is 5.57 Å². The second kappa shape index (κ2) is 17.2. The van der Waals surface area contributed by atoms with E-state index in [1.807, 2.05) is 39.0 Å². The summed E-state index contributed by atoms with van der Waals surface area (Å²) < 4.78 is 29.6. The van der Waals surface area contributed by atoms with Crippen LogP contribution in [0.5, 0.6) is 0 Å². The molecular weight excluding hydrogens is 436 g/mol. The van der Waals surface area contributed by atoms with E-state index >= 15 is 0 Å². The monoisotopic (exact) mass is 486 g/mol. The first-order valence-electron chi connectivity index (χ1n) is 13.3. The molecule has 0 aliphatic heterocycles. The Labute approximate surface area is 215 Å². The molecule has 0 bridgehead atoms. The number of halogens is 2. The fraction of sp³-hybridized carbons (Fsp3) is 0.500. The molecule has 196 valence electrons. The van der Waals surface area contributed by atoms with Crippen molar-refractivity contribution in [3.8, 4) is 0 Å². The number of unbranched alkanes of at least 4 members (excludes halogenated alkanes) is 1. The molecule has 0 heterocycles. The van der Waals surface area contributed by atoms with Crippen LogP contribution in [-0.2, 0) is 0 Å². The van der Waals surface area contributed by atoms with Crippen LogP contribution in [-0.4, -0.2) is 30.7 Å². The SMILES string of the molecule is C=C(C[N+](CCC)(CCCC)C\C(C)=C(C)/C(/C=C\CC)=C(/C)F)C(=C)c1ccccc1F.CC. The molecule has 1 nitrogen and oxygen atoms in total. The van der Waals surface area contributed by atoms with Crippen molar-refractivity contribution >= 4 is 5.57 Å². The van der Waals surface area contributed by atoms with Gasteiger partial charge in [0, 0.05) is 16.7 Å². The van der Waals surface area contributed by atoms with Crippen molar-refractivity contribution in [2.24, 2.45) is 0 Å². The average Bonchev–Trinajstić information content (AvgIpc) is 2.83. The molecule has 0 aromatic heterocycles. The zero-order valence-corrected chi connectivity index (χ0v) is 23.7. The lowest BCUT2D eigenvalue weighted by molar-refractivity contribution is -0.919. The fourth-order valence-corrected chi connectivity index (χ4v) is 4.43. The summed E-state index contributed by atoms with van der Waals surface area (Å²) >= 11 is 0. The molecule has 0 fully saturated rings. The summed E-state index contributed by atoms with van der Waals surface area (Å²) in [5.41, 5.74) is 4.88. The van der Waals surface area contributed by atoms with Gasteiger partial charge in [0.05, 0.1) is 13.1 Å². The summed E-state index contributed by atoms with van der Waals surface area (Å²) in [7, 11) is 0. The first-order valence-corrected chi connectivity index (χ1v) is 13.3. The van der Waals surface area contributed by atoms with Gasteiger partial charge in [0.25, 0.3) is 0 Å². The van der Waals surface area contributed by atoms with E-state index in [0.717, 1.165) is 60.9 Å². The van der Waals surface area contributed by atoms with Crippen molar-refractivity contribution in [1.82, 2.24) is 0 Å². The van der Waals surface area contributed by atoms with Crippen LogP contribution in [0.15, 0.2) is 77.7 Å². The standard InChI is InChI=1S/C30H44F2N.C2H6/c1-9-12-16-28(27(8)31)25(6)23(4)21-33(19-11-3,20-13-10-2)22-24(5)26(7)29-17-14-15-18-30(29)32;1-2/h12,14-18H,5,7,9-11,13,19-22H2,1-4,6,8H3;1-2H3/q+1;/b16-12-,25-23-,28-27-;. The van der Waals surface area contributed by atoms with Crippen LogP contribution in [0.4, 0.5) is 8.78 Å². The molecule has 0 saturated heterocycles. The van der Waals surface area contributed by atoms with Crippen molar-refractivity contribution in [1.29, 1.82) is 0 Å². The van der Waals surface area contributed by atoms with Crippen LogP contribution < -0.4 is 0 Å². The van der Waals surface area contributed by atoms with Crippen molar-refractivity contribution in [2.75, 3.05) is 26.2 Å². The van der Waals surface area contributed by atoms with Gasteiger partial charge < -0.3 is 4.48 Å². The van der Waals surface area contributed by atoms with Gasteiger partial charge >= 0.3 is 0 Å². The van der Waals surface area contributed by atoms with Gasteiger partial charge in [0.15, 0.2) is 0 Å². The topological polar surface area (TPSA) is 0 Å². The first-order chi connectivity index (χ1) is 16.6. The van der Waals surface area contributed by atoms with Crippen molar-refractivity contribution < 1.29 is 13.3 Å². The van der Waals surface area contributed by atoms with Crippen molar-refractivity contribution in [3.05, 3.63) is 89.1 Å². The Morgan fingerprint density at radius 1 is 0.943 bits per heavy atom. The summed E-state index contributed by atoms with van der Waals surface area (Å²) in [5, 5.41) is 0. The van der Waals surface area contributed by atoms with Gasteiger partial charge in [-0.15, -0.1) is 0 Å². The quantitative estimate of drug-likeness (QED) is 0.181. The van der Waals surface area contributed by atoms with E-state index in [-0.39, 0.29) is 11.6 Å². The molecule has 1 aromatic carbocycles. The molecule has 0 saturated carbocycles. The van der Waals surface area contributed by atoms with Crippen molar-refractivity contribution in [2.45, 2.75) is 81.1 Å². The highest BCUT2D eigenvalue weighted by Crippen LogP contribution is 2.29. The number of hydrogen-bond donors (Lipinski definition) is 0. The van der Waals surface area contributed by atoms with E-state index in [1.165, 1.54) is 18.6 Å². The Morgan fingerprint density at radius 2 is 1.57 bits per heavy atom. The summed E-state index contributed by atoms with van der Waals surface area (Å²) in [6.45, 7) is 28.1. The lowest BCUT2D eigenvalue weighted by Gasteiger charge is -2.40. The number of nitrogens with zero attached hydrogens (tertiary/aromatic N) is 1. The molecular formula is C32H50F2N+. The third-order valence-corrected chi connectivity index (χ3v) is 6.34. The molecule has 35 heavy (non-hydrogen) atoms. The lowest BCUT2D eigenvalue weighted by Crippen LogP contribution is -2.51. The highest BCUT2D eigenvalue weighted by molar-refractivity contribution is 5.77. The Balaban J connectivity index is 0.00000562. The van der Waals surface area contributed by atoms with Gasteiger partial charge in [0.1, 0.15) is 24.7 Å². The summed E-state index contributed by atoms with van der Waals surface area (Å²) in [4.78, 5) is 0. The molecule has 0 aliphatic rings. The maximum Gasteiger partial charge on any atom is 0.131 e. The second-order valence-electron chi connectivity index (χ2n) is 9.18. The molecule has 3 heteroatoms. The smallest absolute Gasteiger partial charge is 0.131 e. The predicted octanol–water partition coefficient (Wildman–Crippen LogP) is 9.99. The summed E-state index contributed by atoms with van der Waals surface area (Å²) in [6, 6.07) is 6.75. The highest BCUT2D eigenvalue weighted by Gasteiger charge is 2.29. The van der Waals surface area contributed by atoms with Crippen LogP contribution in [0.2, 0.25) is 0 Å². The molecule has 1 rings (SSSR count). The third-order valence-electron chi connectivity index (χ3n) is 6.34. The molecule has 0 N–H and O–H groups in total. The highest BCUT2D eigenvalue weighted by atomic mass is 19.1. The molecule has 1 atom stereocenters. The zero-order chi connectivity index (χ0) is 27.0. The maximum absolute atomic E-state index is 14.4. The van der Waals surface area contributed by atoms with Crippen LogP contribution in [0.3, 0.4) is 0 Å². The Hall–Kier alpha value is -2.26. The average molecular weight is 487 g/mol. The van der Waals surface area contributed by atoms with E-state index in [0.29, 0.717) is 23.3 Å². The molecule has 0 spiro atoms. The van der Waals surface area contributed by atoms with Gasteiger partial charge in [0.2, 0.25) is 0 Å². The number of benzene rings is 1. The molecule has 1 aromatic rings. The molecule has 1 unspecified atom stereocenters. The maximum atomic E-state index is 14.4. The van der Waals surface area contributed by atoms with Crippen LogP contribution >= 0.6 is 0 Å². The van der Waals surface area contributed by atoms with E-state index in [9.17, 15) is 8.78 Å². The van der Waals surface area contributed by atoms with Gasteiger partial charge in [-0.25, -0.2) is 8.78 Å². The molecule has 0 amide bonds. The predicted molar refractivity (Wildman–Crippen MR) is 152 cm³/mol. The number of rotatable bonds is 14. The Bertz CT molecular complexity index is 900. The van der Waals surface area contributed by atoms with Crippen LogP contribution in [0.1, 0.15) is 86.6 Å². The Morgan fingerprint density at radius 3 is 2.09 bits per heavy atom.